The summed E-state index contributed by atoms with van der Waals surface area (Å²) >= 11 is 0. The zero-order valence-corrected chi connectivity index (χ0v) is 19.6. The van der Waals surface area contributed by atoms with Crippen molar-refractivity contribution >= 4 is 0 Å². The second-order valence-electron chi connectivity index (χ2n) is 12.3. The van der Waals surface area contributed by atoms with E-state index in [9.17, 15) is 5.11 Å². The van der Waals surface area contributed by atoms with E-state index in [4.69, 9.17) is 0 Å². The van der Waals surface area contributed by atoms with Crippen LogP contribution in [0.15, 0.2) is 0 Å². The Kier molecular flexibility index (Phi) is 5.74. The number of hydrogen-bond acceptors (Lipinski definition) is 1. The van der Waals surface area contributed by atoms with E-state index in [1.807, 2.05) is 0 Å². The highest BCUT2D eigenvalue weighted by molar-refractivity contribution is 5.13. The van der Waals surface area contributed by atoms with Gasteiger partial charge in [0.15, 0.2) is 0 Å². The Morgan fingerprint density at radius 3 is 2.11 bits per heavy atom. The molecule has 0 aliphatic heterocycles. The Morgan fingerprint density at radius 2 is 1.39 bits per heavy atom. The van der Waals surface area contributed by atoms with Crippen molar-refractivity contribution < 1.29 is 5.11 Å². The summed E-state index contributed by atoms with van der Waals surface area (Å²) in [5, 5.41) is 10.2. The fraction of sp³-hybridized carbons (Fsp3) is 1.00. The van der Waals surface area contributed by atoms with Gasteiger partial charge in [-0.3, -0.25) is 0 Å². The second kappa shape index (κ2) is 7.58. The van der Waals surface area contributed by atoms with Crippen LogP contribution in [0.4, 0.5) is 0 Å². The lowest BCUT2D eigenvalue weighted by Gasteiger charge is -2.65. The van der Waals surface area contributed by atoms with Crippen LogP contribution in [-0.2, 0) is 0 Å². The van der Waals surface area contributed by atoms with Crippen LogP contribution in [0.25, 0.3) is 0 Å². The van der Waals surface area contributed by atoms with Crippen molar-refractivity contribution in [2.45, 2.75) is 112 Å². The molecule has 0 aromatic rings. The average molecular weight is 389 g/mol. The minimum Gasteiger partial charge on any atom is -0.396 e. The maximum atomic E-state index is 10.2. The first-order valence-corrected chi connectivity index (χ1v) is 13.0. The van der Waals surface area contributed by atoms with Crippen molar-refractivity contribution in [3.05, 3.63) is 0 Å². The average Bonchev–Trinajstić information content (AvgIpc) is 3.24. The molecule has 1 heteroatoms. The minimum absolute atomic E-state index is 0.327. The molecule has 0 saturated heterocycles. The molecule has 5 aliphatic rings. The molecule has 0 aromatic carbocycles. The Balaban J connectivity index is 0.000000604. The van der Waals surface area contributed by atoms with Crippen LogP contribution in [0.2, 0.25) is 0 Å². The summed E-state index contributed by atoms with van der Waals surface area (Å²) < 4.78 is 0. The maximum Gasteiger partial charge on any atom is 0.0490 e. The number of rotatable bonds is 1. The molecule has 162 valence electrons. The minimum atomic E-state index is 0.327. The SMILES string of the molecule is CC1CCC2(C)C1CCC1(C)C3CCC4(CO)CCCC4C3CCC21.CCC. The van der Waals surface area contributed by atoms with Gasteiger partial charge < -0.3 is 5.11 Å². The van der Waals surface area contributed by atoms with Crippen LogP contribution < -0.4 is 0 Å². The standard InChI is InChI=1S/C24H40O.C3H8/c1-16-8-12-22(2)18(16)9-13-23(3)19-10-14-24(15-25)11-4-5-20(24)17(19)6-7-21(22)23;1-3-2/h16-21,25H,4-15H2,1-3H3;3H2,1-2H3. The van der Waals surface area contributed by atoms with Gasteiger partial charge in [-0.2, -0.15) is 0 Å². The summed E-state index contributed by atoms with van der Waals surface area (Å²) in [6.45, 7) is 12.7. The first-order chi connectivity index (χ1) is 13.4. The van der Waals surface area contributed by atoms with E-state index >= 15 is 0 Å². The van der Waals surface area contributed by atoms with Crippen molar-refractivity contribution in [1.82, 2.24) is 0 Å². The van der Waals surface area contributed by atoms with Gasteiger partial charge in [0.2, 0.25) is 0 Å². The second-order valence-corrected chi connectivity index (χ2v) is 12.3. The van der Waals surface area contributed by atoms with E-state index in [0.717, 1.165) is 35.5 Å². The molecule has 0 heterocycles. The summed E-state index contributed by atoms with van der Waals surface area (Å²) in [4.78, 5) is 0. The lowest BCUT2D eigenvalue weighted by Crippen LogP contribution is -2.58. The highest BCUT2D eigenvalue weighted by atomic mass is 16.3. The Bertz CT molecular complexity index is 556. The molecule has 0 bridgehead atoms. The molecule has 9 unspecified atom stereocenters. The van der Waals surface area contributed by atoms with E-state index < -0.39 is 0 Å². The monoisotopic (exact) mass is 388 g/mol. The lowest BCUT2D eigenvalue weighted by atomic mass is 9.40. The smallest absolute Gasteiger partial charge is 0.0490 e. The summed E-state index contributed by atoms with van der Waals surface area (Å²) in [5.41, 5.74) is 1.56. The largest absolute Gasteiger partial charge is 0.396 e. The van der Waals surface area contributed by atoms with E-state index in [-0.39, 0.29) is 0 Å². The maximum absolute atomic E-state index is 10.2. The van der Waals surface area contributed by atoms with Crippen molar-refractivity contribution in [3.8, 4) is 0 Å². The Labute approximate surface area is 175 Å². The van der Waals surface area contributed by atoms with Gasteiger partial charge in [0.25, 0.3) is 0 Å². The van der Waals surface area contributed by atoms with E-state index in [2.05, 4.69) is 34.6 Å². The van der Waals surface area contributed by atoms with Crippen LogP contribution in [0.5, 0.6) is 0 Å². The first-order valence-electron chi connectivity index (χ1n) is 13.0. The van der Waals surface area contributed by atoms with Crippen molar-refractivity contribution in [3.63, 3.8) is 0 Å². The predicted molar refractivity (Wildman–Crippen MR) is 119 cm³/mol. The number of hydrogen-bond donors (Lipinski definition) is 1. The number of aliphatic hydroxyl groups excluding tert-OH is 1. The van der Waals surface area contributed by atoms with Gasteiger partial charge in [-0.1, -0.05) is 47.5 Å². The third kappa shape index (κ3) is 2.88. The lowest BCUT2D eigenvalue weighted by molar-refractivity contribution is -0.165. The highest BCUT2D eigenvalue weighted by Gasteiger charge is 2.64. The van der Waals surface area contributed by atoms with Gasteiger partial charge in [-0.25, -0.2) is 0 Å². The van der Waals surface area contributed by atoms with Gasteiger partial charge in [0.1, 0.15) is 0 Å². The van der Waals surface area contributed by atoms with Gasteiger partial charge >= 0.3 is 0 Å². The van der Waals surface area contributed by atoms with Crippen LogP contribution >= 0.6 is 0 Å². The quantitative estimate of drug-likeness (QED) is 0.494. The summed E-state index contributed by atoms with van der Waals surface area (Å²) in [6, 6.07) is 0. The molecule has 1 nitrogen and oxygen atoms in total. The zero-order chi connectivity index (χ0) is 20.2. The summed E-state index contributed by atoms with van der Waals surface area (Å²) in [6.07, 6.45) is 17.1. The molecule has 0 radical (unpaired) electrons. The first kappa shape index (κ1) is 21.2. The van der Waals surface area contributed by atoms with E-state index in [1.165, 1.54) is 77.0 Å². The van der Waals surface area contributed by atoms with Crippen LogP contribution in [0.3, 0.4) is 0 Å². The van der Waals surface area contributed by atoms with Crippen LogP contribution in [-0.4, -0.2) is 11.7 Å². The molecule has 0 spiro atoms. The van der Waals surface area contributed by atoms with E-state index in [1.54, 1.807) is 0 Å². The third-order valence-electron chi connectivity index (χ3n) is 11.2. The van der Waals surface area contributed by atoms with Crippen molar-refractivity contribution in [1.29, 1.82) is 0 Å². The molecule has 5 rings (SSSR count). The molecule has 5 saturated carbocycles. The predicted octanol–water partition coefficient (Wildman–Crippen LogP) is 7.47. The topological polar surface area (TPSA) is 20.2 Å². The summed E-state index contributed by atoms with van der Waals surface area (Å²) in [5.74, 6) is 5.70. The number of fused-ring (bicyclic) bond motifs is 7. The molecule has 5 aliphatic carbocycles. The fourth-order valence-electron chi connectivity index (χ4n) is 10.1. The van der Waals surface area contributed by atoms with Gasteiger partial charge in [0.05, 0.1) is 0 Å². The molecule has 0 aromatic heterocycles. The van der Waals surface area contributed by atoms with Crippen LogP contribution in [0.1, 0.15) is 112 Å². The van der Waals surface area contributed by atoms with Gasteiger partial charge in [-0.05, 0) is 116 Å². The highest BCUT2D eigenvalue weighted by Crippen LogP contribution is 2.72. The third-order valence-corrected chi connectivity index (χ3v) is 11.2. The molecule has 0 amide bonds. The molecule has 28 heavy (non-hydrogen) atoms. The Morgan fingerprint density at radius 1 is 0.750 bits per heavy atom. The fourth-order valence-corrected chi connectivity index (χ4v) is 10.1. The molecular formula is C27H48O. The summed E-state index contributed by atoms with van der Waals surface area (Å²) in [7, 11) is 0. The molecule has 1 N–H and O–H groups in total. The number of aliphatic hydroxyl groups is 1. The van der Waals surface area contributed by atoms with E-state index in [0.29, 0.717) is 22.9 Å². The normalized spacial score (nSPS) is 54.6. The van der Waals surface area contributed by atoms with Gasteiger partial charge in [-0.15, -0.1) is 0 Å². The molecular weight excluding hydrogens is 340 g/mol. The van der Waals surface area contributed by atoms with Crippen LogP contribution in [0, 0.1) is 51.8 Å². The van der Waals surface area contributed by atoms with Crippen molar-refractivity contribution in [2.75, 3.05) is 6.61 Å². The van der Waals surface area contributed by atoms with Gasteiger partial charge in [0, 0.05) is 6.61 Å². The Hall–Kier alpha value is -0.0400. The molecule has 5 fully saturated rings. The zero-order valence-electron chi connectivity index (χ0n) is 19.6. The molecule has 9 atom stereocenters. The van der Waals surface area contributed by atoms with Crippen molar-refractivity contribution in [2.24, 2.45) is 51.8 Å².